The maximum absolute atomic E-state index is 2.44. The van der Waals surface area contributed by atoms with Crippen LogP contribution in [0.5, 0.6) is 0 Å². The zero-order valence-corrected chi connectivity index (χ0v) is 30.6. The van der Waals surface area contributed by atoms with Gasteiger partial charge in [0, 0.05) is 20.2 Å². The molecule has 252 valence electrons. The fourth-order valence-electron chi connectivity index (χ4n) is 8.99. The van der Waals surface area contributed by atoms with Gasteiger partial charge in [-0.2, -0.15) is 0 Å². The molecule has 11 aromatic rings. The molecule has 0 saturated carbocycles. The van der Waals surface area contributed by atoms with Crippen molar-refractivity contribution in [3.05, 3.63) is 194 Å². The Morgan fingerprint density at radius 1 is 0.296 bits per heavy atom. The van der Waals surface area contributed by atoms with Gasteiger partial charge in [0.15, 0.2) is 0 Å². The van der Waals surface area contributed by atoms with Crippen molar-refractivity contribution in [2.45, 2.75) is 6.92 Å². The lowest BCUT2D eigenvalue weighted by atomic mass is 9.84. The molecule has 1 aromatic heterocycles. The third-order valence-electron chi connectivity index (χ3n) is 11.3. The van der Waals surface area contributed by atoms with Crippen molar-refractivity contribution in [1.82, 2.24) is 0 Å². The first kappa shape index (κ1) is 31.0. The van der Waals surface area contributed by atoms with Crippen LogP contribution < -0.4 is 0 Å². The highest BCUT2D eigenvalue weighted by atomic mass is 32.1. The van der Waals surface area contributed by atoms with Gasteiger partial charge >= 0.3 is 0 Å². The minimum atomic E-state index is 1.25. The lowest BCUT2D eigenvalue weighted by Crippen LogP contribution is -1.91. The predicted octanol–water partition coefficient (Wildman–Crippen LogP) is 15.6. The van der Waals surface area contributed by atoms with E-state index in [0.717, 1.165) is 0 Å². The minimum absolute atomic E-state index is 1.25. The summed E-state index contributed by atoms with van der Waals surface area (Å²) in [6, 6.07) is 69.8. The van der Waals surface area contributed by atoms with Crippen LogP contribution in [-0.2, 0) is 0 Å². The normalized spacial score (nSPS) is 11.8. The number of hydrogen-bond donors (Lipinski definition) is 0. The van der Waals surface area contributed by atoms with Crippen LogP contribution in [-0.4, -0.2) is 0 Å². The van der Waals surface area contributed by atoms with E-state index in [1.165, 1.54) is 113 Å². The first-order valence-electron chi connectivity index (χ1n) is 18.7. The first-order valence-corrected chi connectivity index (χ1v) is 19.5. The average molecular weight is 703 g/mol. The van der Waals surface area contributed by atoms with E-state index in [4.69, 9.17) is 0 Å². The lowest BCUT2D eigenvalue weighted by molar-refractivity contribution is 1.47. The van der Waals surface area contributed by atoms with E-state index in [-0.39, 0.29) is 0 Å². The predicted molar refractivity (Wildman–Crippen MR) is 236 cm³/mol. The molecule has 0 aliphatic carbocycles. The highest BCUT2D eigenvalue weighted by molar-refractivity contribution is 7.26. The molecule has 0 unspecified atom stereocenters. The summed E-state index contributed by atoms with van der Waals surface area (Å²) in [6.07, 6.45) is 0. The van der Waals surface area contributed by atoms with Gasteiger partial charge in [-0.25, -0.2) is 0 Å². The molecular weight excluding hydrogens is 669 g/mol. The van der Waals surface area contributed by atoms with Gasteiger partial charge in [0.05, 0.1) is 0 Å². The zero-order valence-electron chi connectivity index (χ0n) is 29.8. The Morgan fingerprint density at radius 3 is 1.24 bits per heavy atom. The molecule has 0 aliphatic heterocycles. The van der Waals surface area contributed by atoms with Crippen molar-refractivity contribution in [1.29, 1.82) is 0 Å². The van der Waals surface area contributed by atoms with Crippen LogP contribution in [0.15, 0.2) is 188 Å². The molecule has 0 spiro atoms. The van der Waals surface area contributed by atoms with Crippen molar-refractivity contribution in [3.63, 3.8) is 0 Å². The molecule has 1 heteroatoms. The summed E-state index contributed by atoms with van der Waals surface area (Å²) in [6.45, 7) is 2.15. The van der Waals surface area contributed by atoms with Crippen LogP contribution in [0.2, 0.25) is 0 Å². The van der Waals surface area contributed by atoms with Gasteiger partial charge in [-0.15, -0.1) is 11.3 Å². The summed E-state index contributed by atoms with van der Waals surface area (Å²) >= 11 is 1.90. The summed E-state index contributed by atoms with van der Waals surface area (Å²) < 4.78 is 2.62. The highest BCUT2D eigenvalue weighted by Gasteiger charge is 2.21. The maximum Gasteiger partial charge on any atom is 0.0361 e. The Morgan fingerprint density at radius 2 is 0.722 bits per heavy atom. The smallest absolute Gasteiger partial charge is 0.0361 e. The molecule has 0 radical (unpaired) electrons. The van der Waals surface area contributed by atoms with Crippen LogP contribution >= 0.6 is 11.3 Å². The zero-order chi connectivity index (χ0) is 35.8. The molecule has 0 nitrogen and oxygen atoms in total. The van der Waals surface area contributed by atoms with Gasteiger partial charge < -0.3 is 0 Å². The molecule has 0 fully saturated rings. The Bertz CT molecular complexity index is 3140. The molecular formula is C53H34S. The first-order chi connectivity index (χ1) is 26.7. The van der Waals surface area contributed by atoms with Crippen molar-refractivity contribution in [2.24, 2.45) is 0 Å². The van der Waals surface area contributed by atoms with Crippen LogP contribution in [0.3, 0.4) is 0 Å². The molecule has 0 amide bonds. The number of fused-ring (bicyclic) bond motifs is 7. The molecule has 0 N–H and O–H groups in total. The fraction of sp³-hybridized carbons (Fsp3) is 0.0189. The summed E-state index contributed by atoms with van der Waals surface area (Å²) in [7, 11) is 0. The Labute approximate surface area is 318 Å². The van der Waals surface area contributed by atoms with E-state index < -0.39 is 0 Å². The SMILES string of the molecule is Cc1ccc(-c2c3ccccc3c(-c3ccc4c(c3)sc3cccc(-c5c6ccccc6c(-c6ccccc6)c6ccccc56)c34)c3ccccc23)cc1. The molecule has 0 atom stereocenters. The largest absolute Gasteiger partial charge is 0.135 e. The summed E-state index contributed by atoms with van der Waals surface area (Å²) in [4.78, 5) is 0. The van der Waals surface area contributed by atoms with E-state index in [0.29, 0.717) is 0 Å². The highest BCUT2D eigenvalue weighted by Crippen LogP contribution is 2.49. The summed E-state index contributed by atoms with van der Waals surface area (Å²) in [5, 5.41) is 12.9. The van der Waals surface area contributed by atoms with Crippen molar-refractivity contribution in [3.8, 4) is 44.5 Å². The van der Waals surface area contributed by atoms with Gasteiger partial charge in [-0.1, -0.05) is 181 Å². The van der Waals surface area contributed by atoms with E-state index >= 15 is 0 Å². The fourth-order valence-corrected chi connectivity index (χ4v) is 10.2. The van der Waals surface area contributed by atoms with E-state index in [1.54, 1.807) is 0 Å². The molecule has 0 bridgehead atoms. The van der Waals surface area contributed by atoms with Crippen molar-refractivity contribution in [2.75, 3.05) is 0 Å². The maximum atomic E-state index is 2.44. The number of aryl methyl sites for hydroxylation is 1. The summed E-state index contributed by atoms with van der Waals surface area (Å²) in [5.41, 5.74) is 11.5. The van der Waals surface area contributed by atoms with E-state index in [2.05, 4.69) is 195 Å². The monoisotopic (exact) mass is 702 g/mol. The van der Waals surface area contributed by atoms with Crippen molar-refractivity contribution < 1.29 is 0 Å². The van der Waals surface area contributed by atoms with Gasteiger partial charge in [-0.05, 0) is 107 Å². The molecule has 0 aliphatic rings. The molecule has 10 aromatic carbocycles. The minimum Gasteiger partial charge on any atom is -0.135 e. The van der Waals surface area contributed by atoms with Gasteiger partial charge in [0.1, 0.15) is 0 Å². The Balaban J connectivity index is 1.17. The molecule has 54 heavy (non-hydrogen) atoms. The number of hydrogen-bond acceptors (Lipinski definition) is 1. The van der Waals surface area contributed by atoms with Crippen LogP contribution in [0.25, 0.3) is 108 Å². The van der Waals surface area contributed by atoms with Crippen molar-refractivity contribution >= 4 is 74.6 Å². The van der Waals surface area contributed by atoms with Crippen LogP contribution in [0.1, 0.15) is 5.56 Å². The van der Waals surface area contributed by atoms with Gasteiger partial charge in [0.2, 0.25) is 0 Å². The third-order valence-corrected chi connectivity index (χ3v) is 12.4. The van der Waals surface area contributed by atoms with E-state index in [9.17, 15) is 0 Å². The molecule has 0 saturated heterocycles. The topological polar surface area (TPSA) is 0 Å². The quantitative estimate of drug-likeness (QED) is 0.160. The Hall–Kier alpha value is -6.54. The lowest BCUT2D eigenvalue weighted by Gasteiger charge is -2.18. The second kappa shape index (κ2) is 12.3. The van der Waals surface area contributed by atoms with Gasteiger partial charge in [-0.3, -0.25) is 0 Å². The van der Waals surface area contributed by atoms with Crippen LogP contribution in [0, 0.1) is 6.92 Å². The number of thiophene rings is 1. The third kappa shape index (κ3) is 4.69. The molecule has 11 rings (SSSR count). The average Bonchev–Trinajstić information content (AvgIpc) is 3.61. The van der Waals surface area contributed by atoms with E-state index in [1.807, 2.05) is 11.3 Å². The second-order valence-corrected chi connectivity index (χ2v) is 15.5. The second-order valence-electron chi connectivity index (χ2n) is 14.4. The molecule has 1 heterocycles. The number of rotatable bonds is 4. The number of benzene rings is 10. The Kier molecular flexibility index (Phi) is 7.05. The van der Waals surface area contributed by atoms with Gasteiger partial charge in [0.25, 0.3) is 0 Å². The van der Waals surface area contributed by atoms with Crippen LogP contribution in [0.4, 0.5) is 0 Å². The standard InChI is InChI=1S/C53H34S/c1-33-26-28-35(29-27-33)50-37-16-5-7-18-39(37)51(40-19-8-6-17-38(40)50)36-30-31-45-48(32-36)54-47-25-13-24-46(53(45)47)52-43-22-11-9-20-41(43)49(34-14-3-2-4-15-34)42-21-10-12-23-44(42)52/h2-32H,1H3. The summed E-state index contributed by atoms with van der Waals surface area (Å²) in [5.74, 6) is 0.